The van der Waals surface area contributed by atoms with E-state index in [0.29, 0.717) is 23.5 Å². The fourth-order valence-electron chi connectivity index (χ4n) is 2.24. The molecule has 2 rings (SSSR count). The van der Waals surface area contributed by atoms with Gasteiger partial charge in [0.05, 0.1) is 18.1 Å². The van der Waals surface area contributed by atoms with Crippen LogP contribution in [0.25, 0.3) is 0 Å². The van der Waals surface area contributed by atoms with Gasteiger partial charge in [0.15, 0.2) is 0 Å². The smallest absolute Gasteiger partial charge is 0.272 e. The van der Waals surface area contributed by atoms with Crippen LogP contribution >= 0.6 is 0 Å². The summed E-state index contributed by atoms with van der Waals surface area (Å²) in [6.45, 7) is 3.72. The zero-order chi connectivity index (χ0) is 18.4. The Kier molecular flexibility index (Phi) is 5.94. The average Bonchev–Trinajstić information content (AvgIpc) is 2.60. The molecule has 1 atom stereocenters. The van der Waals surface area contributed by atoms with Crippen molar-refractivity contribution in [2.75, 3.05) is 13.7 Å². The molecule has 0 spiro atoms. The second-order valence-corrected chi connectivity index (χ2v) is 5.62. The zero-order valence-corrected chi connectivity index (χ0v) is 14.3. The molecule has 0 aliphatic rings. The number of methoxy groups -OCH3 is 1. The van der Waals surface area contributed by atoms with Gasteiger partial charge in [-0.3, -0.25) is 14.9 Å². The van der Waals surface area contributed by atoms with Crippen molar-refractivity contribution in [3.8, 4) is 11.5 Å². The summed E-state index contributed by atoms with van der Waals surface area (Å²) in [5, 5.41) is 13.6. The third-order valence-corrected chi connectivity index (χ3v) is 3.59. The Labute approximate surface area is 145 Å². The van der Waals surface area contributed by atoms with Gasteiger partial charge >= 0.3 is 0 Å². The van der Waals surface area contributed by atoms with Crippen LogP contribution in [0.2, 0.25) is 0 Å². The Bertz CT molecular complexity index is 759. The molecule has 132 valence electrons. The van der Waals surface area contributed by atoms with Gasteiger partial charge in [-0.15, -0.1) is 0 Å². The summed E-state index contributed by atoms with van der Waals surface area (Å²) >= 11 is 0. The molecule has 0 saturated carbocycles. The SMILES string of the molecule is COc1ccc(OCC(C)NC(=O)c2ccc([N+](=O)[O-])c(C)c2)cc1. The van der Waals surface area contributed by atoms with Gasteiger partial charge in [0.1, 0.15) is 18.1 Å². The Morgan fingerprint density at radius 2 is 1.84 bits per heavy atom. The first-order valence-corrected chi connectivity index (χ1v) is 7.73. The number of carbonyl (C=O) groups excluding carboxylic acids is 1. The van der Waals surface area contributed by atoms with Crippen LogP contribution in [0.3, 0.4) is 0 Å². The van der Waals surface area contributed by atoms with Crippen LogP contribution in [0.5, 0.6) is 11.5 Å². The molecule has 0 aromatic heterocycles. The highest BCUT2D eigenvalue weighted by molar-refractivity contribution is 5.94. The molecule has 0 aliphatic heterocycles. The zero-order valence-electron chi connectivity index (χ0n) is 14.3. The number of hydrogen-bond donors (Lipinski definition) is 1. The average molecular weight is 344 g/mol. The molecule has 0 aliphatic carbocycles. The molecule has 1 amide bonds. The Morgan fingerprint density at radius 1 is 1.20 bits per heavy atom. The Balaban J connectivity index is 1.91. The number of ether oxygens (including phenoxy) is 2. The lowest BCUT2D eigenvalue weighted by molar-refractivity contribution is -0.385. The second-order valence-electron chi connectivity index (χ2n) is 5.62. The highest BCUT2D eigenvalue weighted by Crippen LogP contribution is 2.19. The van der Waals surface area contributed by atoms with Crippen molar-refractivity contribution in [2.24, 2.45) is 0 Å². The van der Waals surface area contributed by atoms with E-state index in [2.05, 4.69) is 5.32 Å². The molecule has 25 heavy (non-hydrogen) atoms. The van der Waals surface area contributed by atoms with Crippen molar-refractivity contribution < 1.29 is 19.2 Å². The van der Waals surface area contributed by atoms with Crippen LogP contribution in [-0.4, -0.2) is 30.6 Å². The number of rotatable bonds is 7. The van der Waals surface area contributed by atoms with Crippen molar-refractivity contribution in [1.29, 1.82) is 0 Å². The molecule has 1 N–H and O–H groups in total. The number of hydrogen-bond acceptors (Lipinski definition) is 5. The third kappa shape index (κ3) is 4.94. The summed E-state index contributed by atoms with van der Waals surface area (Å²) in [6, 6.07) is 11.2. The van der Waals surface area contributed by atoms with Crippen molar-refractivity contribution in [3.05, 3.63) is 63.7 Å². The van der Waals surface area contributed by atoms with Crippen molar-refractivity contribution in [2.45, 2.75) is 19.9 Å². The molecule has 0 fully saturated rings. The van der Waals surface area contributed by atoms with Gasteiger partial charge < -0.3 is 14.8 Å². The standard InChI is InChI=1S/C18H20N2O5/c1-12-10-14(4-9-17(12)20(22)23)18(21)19-13(2)11-25-16-7-5-15(24-3)6-8-16/h4-10,13H,11H2,1-3H3,(H,19,21). The van der Waals surface area contributed by atoms with E-state index in [-0.39, 0.29) is 17.6 Å². The van der Waals surface area contributed by atoms with Gasteiger partial charge in [0, 0.05) is 17.2 Å². The number of nitrogens with zero attached hydrogens (tertiary/aromatic N) is 1. The van der Waals surface area contributed by atoms with Crippen molar-refractivity contribution in [3.63, 3.8) is 0 Å². The Hall–Kier alpha value is -3.09. The lowest BCUT2D eigenvalue weighted by Gasteiger charge is -2.15. The van der Waals surface area contributed by atoms with Gasteiger partial charge in [-0.05, 0) is 50.2 Å². The number of aryl methyl sites for hydroxylation is 1. The van der Waals surface area contributed by atoms with E-state index in [0.717, 1.165) is 5.75 Å². The lowest BCUT2D eigenvalue weighted by Crippen LogP contribution is -2.36. The minimum absolute atomic E-state index is 0.00700. The van der Waals surface area contributed by atoms with Crippen LogP contribution in [-0.2, 0) is 0 Å². The topological polar surface area (TPSA) is 90.7 Å². The number of amides is 1. The minimum atomic E-state index is -0.470. The van der Waals surface area contributed by atoms with Gasteiger partial charge in [0.2, 0.25) is 0 Å². The molecule has 2 aromatic carbocycles. The molecule has 2 aromatic rings. The summed E-state index contributed by atoms with van der Waals surface area (Å²) in [6.07, 6.45) is 0. The fraction of sp³-hybridized carbons (Fsp3) is 0.278. The summed E-state index contributed by atoms with van der Waals surface area (Å²) in [5.74, 6) is 1.11. The second kappa shape index (κ2) is 8.14. The monoisotopic (exact) mass is 344 g/mol. The van der Waals surface area contributed by atoms with Gasteiger partial charge in [-0.1, -0.05) is 0 Å². The number of nitrogens with one attached hydrogen (secondary N) is 1. The van der Waals surface area contributed by atoms with E-state index in [9.17, 15) is 14.9 Å². The van der Waals surface area contributed by atoms with E-state index in [1.165, 1.54) is 18.2 Å². The summed E-state index contributed by atoms with van der Waals surface area (Å²) in [5.41, 5.74) is 0.812. The first-order valence-electron chi connectivity index (χ1n) is 7.73. The van der Waals surface area contributed by atoms with E-state index in [1.807, 2.05) is 6.92 Å². The molecular weight excluding hydrogens is 324 g/mol. The number of carbonyl (C=O) groups is 1. The third-order valence-electron chi connectivity index (χ3n) is 3.59. The lowest BCUT2D eigenvalue weighted by atomic mass is 10.1. The van der Waals surface area contributed by atoms with Crippen molar-refractivity contribution >= 4 is 11.6 Å². The minimum Gasteiger partial charge on any atom is -0.497 e. The van der Waals surface area contributed by atoms with E-state index < -0.39 is 4.92 Å². The Morgan fingerprint density at radius 3 is 2.40 bits per heavy atom. The maximum atomic E-state index is 12.2. The first-order chi connectivity index (χ1) is 11.9. The molecule has 0 heterocycles. The number of benzene rings is 2. The first kappa shape index (κ1) is 18.3. The quantitative estimate of drug-likeness (QED) is 0.615. The largest absolute Gasteiger partial charge is 0.497 e. The highest BCUT2D eigenvalue weighted by Gasteiger charge is 2.15. The molecule has 0 saturated heterocycles. The van der Waals surface area contributed by atoms with Gasteiger partial charge in [-0.25, -0.2) is 0 Å². The molecule has 7 heteroatoms. The van der Waals surface area contributed by atoms with Crippen LogP contribution in [0.15, 0.2) is 42.5 Å². The molecular formula is C18H20N2O5. The van der Waals surface area contributed by atoms with Crippen LogP contribution in [0.4, 0.5) is 5.69 Å². The summed E-state index contributed by atoms with van der Waals surface area (Å²) in [7, 11) is 1.59. The van der Waals surface area contributed by atoms with Crippen LogP contribution in [0.1, 0.15) is 22.8 Å². The molecule has 0 radical (unpaired) electrons. The fourth-order valence-corrected chi connectivity index (χ4v) is 2.24. The predicted molar refractivity (Wildman–Crippen MR) is 93.3 cm³/mol. The van der Waals surface area contributed by atoms with Gasteiger partial charge in [0.25, 0.3) is 11.6 Å². The van der Waals surface area contributed by atoms with Crippen molar-refractivity contribution in [1.82, 2.24) is 5.32 Å². The molecule has 0 bridgehead atoms. The summed E-state index contributed by atoms with van der Waals surface area (Å²) < 4.78 is 10.7. The van der Waals surface area contributed by atoms with E-state index >= 15 is 0 Å². The van der Waals surface area contributed by atoms with Gasteiger partial charge in [-0.2, -0.15) is 0 Å². The van der Waals surface area contributed by atoms with Crippen LogP contribution in [0, 0.1) is 17.0 Å². The van der Waals surface area contributed by atoms with E-state index in [4.69, 9.17) is 9.47 Å². The highest BCUT2D eigenvalue weighted by atomic mass is 16.6. The van der Waals surface area contributed by atoms with Crippen LogP contribution < -0.4 is 14.8 Å². The molecule has 1 unspecified atom stereocenters. The number of nitro benzene ring substituents is 1. The number of nitro groups is 1. The van der Waals surface area contributed by atoms with E-state index in [1.54, 1.807) is 38.3 Å². The summed E-state index contributed by atoms with van der Waals surface area (Å²) in [4.78, 5) is 22.6. The normalized spacial score (nSPS) is 11.5. The maximum absolute atomic E-state index is 12.2. The predicted octanol–water partition coefficient (Wildman–Crippen LogP) is 3.11. The molecule has 7 nitrogen and oxygen atoms in total. The maximum Gasteiger partial charge on any atom is 0.272 e.